The van der Waals surface area contributed by atoms with Crippen LogP contribution in [0.25, 0.3) is 0 Å². The van der Waals surface area contributed by atoms with Gasteiger partial charge < -0.3 is 5.32 Å². The topological polar surface area (TPSA) is 24.9 Å². The zero-order valence-corrected chi connectivity index (χ0v) is 12.3. The van der Waals surface area contributed by atoms with Gasteiger partial charge in [0.15, 0.2) is 0 Å². The van der Waals surface area contributed by atoms with Gasteiger partial charge in [-0.2, -0.15) is 0 Å². The molecule has 3 heteroatoms. The maximum atomic E-state index is 4.38. The van der Waals surface area contributed by atoms with Crippen LogP contribution in [0.15, 0.2) is 29.4 Å². The second-order valence-electron chi connectivity index (χ2n) is 5.70. The Hall–Kier alpha value is -0.540. The zero-order chi connectivity index (χ0) is 12.9. The van der Waals surface area contributed by atoms with Crippen LogP contribution in [0.1, 0.15) is 34.6 Å². The van der Waals surface area contributed by atoms with Crippen LogP contribution in [0, 0.1) is 5.92 Å². The molecule has 0 aromatic carbocycles. The van der Waals surface area contributed by atoms with Gasteiger partial charge in [0.2, 0.25) is 0 Å². The molecule has 1 rings (SSSR count). The van der Waals surface area contributed by atoms with Gasteiger partial charge in [-0.05, 0) is 38.8 Å². The lowest BCUT2D eigenvalue weighted by atomic mass is 10.1. The number of hydrogen-bond acceptors (Lipinski definition) is 3. The van der Waals surface area contributed by atoms with E-state index in [9.17, 15) is 0 Å². The van der Waals surface area contributed by atoms with E-state index >= 15 is 0 Å². The van der Waals surface area contributed by atoms with Crippen molar-refractivity contribution < 1.29 is 0 Å². The predicted molar refractivity (Wildman–Crippen MR) is 76.5 cm³/mol. The Morgan fingerprint density at radius 2 is 2.00 bits per heavy atom. The Bertz CT molecular complexity index is 317. The van der Waals surface area contributed by atoms with E-state index in [0.29, 0.717) is 11.2 Å². The van der Waals surface area contributed by atoms with Gasteiger partial charge in [-0.25, -0.2) is 4.98 Å². The summed E-state index contributed by atoms with van der Waals surface area (Å²) in [5.41, 5.74) is 0.178. The third kappa shape index (κ3) is 6.08. The van der Waals surface area contributed by atoms with Crippen molar-refractivity contribution in [3.05, 3.63) is 24.4 Å². The van der Waals surface area contributed by atoms with Gasteiger partial charge in [0.25, 0.3) is 0 Å². The molecule has 0 saturated heterocycles. The lowest BCUT2D eigenvalue weighted by molar-refractivity contribution is 0.408. The lowest BCUT2D eigenvalue weighted by Crippen LogP contribution is -2.41. The van der Waals surface area contributed by atoms with E-state index in [4.69, 9.17) is 0 Å². The number of nitrogens with one attached hydrogen (secondary N) is 1. The van der Waals surface area contributed by atoms with Crippen molar-refractivity contribution in [3.63, 3.8) is 0 Å². The highest BCUT2D eigenvalue weighted by atomic mass is 32.2. The van der Waals surface area contributed by atoms with Gasteiger partial charge >= 0.3 is 0 Å². The van der Waals surface area contributed by atoms with Crippen molar-refractivity contribution >= 4 is 11.8 Å². The van der Waals surface area contributed by atoms with E-state index in [2.05, 4.69) is 51.0 Å². The minimum Gasteiger partial charge on any atom is -0.311 e. The molecule has 1 aromatic rings. The number of thioether (sulfide) groups is 1. The highest BCUT2D eigenvalue weighted by Gasteiger charge is 2.18. The van der Waals surface area contributed by atoms with Crippen LogP contribution in [0.3, 0.4) is 0 Å². The fourth-order valence-corrected chi connectivity index (χ4v) is 2.42. The normalized spacial score (nSPS) is 14.0. The Balaban J connectivity index is 2.55. The molecule has 0 saturated carbocycles. The fourth-order valence-electron chi connectivity index (χ4n) is 1.39. The summed E-state index contributed by atoms with van der Waals surface area (Å²) in [4.78, 5) is 4.38. The average molecular weight is 252 g/mol. The smallest absolute Gasteiger partial charge is 0.0963 e. The molecule has 0 spiro atoms. The fraction of sp³-hybridized carbons (Fsp3) is 0.643. The highest BCUT2D eigenvalue weighted by molar-refractivity contribution is 7.99. The molecule has 0 aliphatic rings. The van der Waals surface area contributed by atoms with Gasteiger partial charge in [0.05, 0.1) is 5.03 Å². The van der Waals surface area contributed by atoms with Crippen molar-refractivity contribution in [2.24, 2.45) is 5.92 Å². The van der Waals surface area contributed by atoms with Gasteiger partial charge in [-0.3, -0.25) is 0 Å². The molecule has 0 radical (unpaired) electrons. The molecule has 96 valence electrons. The monoisotopic (exact) mass is 252 g/mol. The van der Waals surface area contributed by atoms with Crippen LogP contribution in [-0.2, 0) is 0 Å². The summed E-state index contributed by atoms with van der Waals surface area (Å²) < 4.78 is 0. The molecular formula is C14H24N2S. The summed E-state index contributed by atoms with van der Waals surface area (Å²) in [5, 5.41) is 5.25. The third-order valence-electron chi connectivity index (χ3n) is 2.49. The Morgan fingerprint density at radius 1 is 1.29 bits per heavy atom. The maximum Gasteiger partial charge on any atom is 0.0963 e. The summed E-state index contributed by atoms with van der Waals surface area (Å²) in [5.74, 6) is 0.636. The number of pyridine rings is 1. The standard InChI is InChI=1S/C14H24N2S/c1-11(2)12(10-16-14(3,4)5)17-13-8-6-7-9-15-13/h6-9,11-12,16H,10H2,1-5H3. The summed E-state index contributed by atoms with van der Waals surface area (Å²) in [6, 6.07) is 6.09. The molecule has 0 aliphatic heterocycles. The molecule has 1 heterocycles. The first-order chi connectivity index (χ1) is 7.88. The van der Waals surface area contributed by atoms with Crippen molar-refractivity contribution in [1.82, 2.24) is 10.3 Å². The molecule has 1 aromatic heterocycles. The predicted octanol–water partition coefficient (Wildman–Crippen LogP) is 3.59. The summed E-state index contributed by atoms with van der Waals surface area (Å²) >= 11 is 1.86. The SMILES string of the molecule is CC(C)C(CNC(C)(C)C)Sc1ccccn1. The molecule has 1 unspecified atom stereocenters. The first-order valence-electron chi connectivity index (χ1n) is 6.21. The van der Waals surface area contributed by atoms with E-state index in [1.807, 2.05) is 30.1 Å². The third-order valence-corrected chi connectivity index (χ3v) is 3.98. The van der Waals surface area contributed by atoms with Crippen molar-refractivity contribution in [2.45, 2.75) is 50.4 Å². The first kappa shape index (κ1) is 14.5. The molecule has 1 N–H and O–H groups in total. The molecule has 0 bridgehead atoms. The van der Waals surface area contributed by atoms with Crippen LogP contribution in [0.4, 0.5) is 0 Å². The molecule has 0 aliphatic carbocycles. The van der Waals surface area contributed by atoms with Gasteiger partial charge in [0, 0.05) is 23.5 Å². The molecule has 1 atom stereocenters. The Kier molecular flexibility index (Phi) is 5.47. The molecule has 0 fully saturated rings. The average Bonchev–Trinajstić information content (AvgIpc) is 2.24. The summed E-state index contributed by atoms with van der Waals surface area (Å²) in [7, 11) is 0. The molecular weight excluding hydrogens is 228 g/mol. The van der Waals surface area contributed by atoms with E-state index < -0.39 is 0 Å². The lowest BCUT2D eigenvalue weighted by Gasteiger charge is -2.26. The van der Waals surface area contributed by atoms with Crippen LogP contribution < -0.4 is 5.32 Å². The second kappa shape index (κ2) is 6.41. The number of hydrogen-bond donors (Lipinski definition) is 1. The van der Waals surface area contributed by atoms with Crippen molar-refractivity contribution in [2.75, 3.05) is 6.54 Å². The first-order valence-corrected chi connectivity index (χ1v) is 7.09. The minimum absolute atomic E-state index is 0.178. The number of rotatable bonds is 5. The van der Waals surface area contributed by atoms with E-state index in [1.54, 1.807) is 0 Å². The molecule has 2 nitrogen and oxygen atoms in total. The zero-order valence-electron chi connectivity index (χ0n) is 11.5. The number of nitrogens with zero attached hydrogens (tertiary/aromatic N) is 1. The van der Waals surface area contributed by atoms with Crippen LogP contribution in [0.5, 0.6) is 0 Å². The quantitative estimate of drug-likeness (QED) is 0.811. The van der Waals surface area contributed by atoms with E-state index in [0.717, 1.165) is 11.6 Å². The molecule has 0 amide bonds. The van der Waals surface area contributed by atoms with Crippen LogP contribution >= 0.6 is 11.8 Å². The van der Waals surface area contributed by atoms with E-state index in [-0.39, 0.29) is 5.54 Å². The minimum atomic E-state index is 0.178. The Morgan fingerprint density at radius 3 is 2.47 bits per heavy atom. The van der Waals surface area contributed by atoms with Crippen molar-refractivity contribution in [1.29, 1.82) is 0 Å². The molecule has 17 heavy (non-hydrogen) atoms. The highest BCUT2D eigenvalue weighted by Crippen LogP contribution is 2.26. The van der Waals surface area contributed by atoms with Crippen molar-refractivity contribution in [3.8, 4) is 0 Å². The van der Waals surface area contributed by atoms with Gasteiger partial charge in [-0.15, -0.1) is 11.8 Å². The van der Waals surface area contributed by atoms with Crippen LogP contribution in [-0.4, -0.2) is 22.3 Å². The van der Waals surface area contributed by atoms with Gasteiger partial charge in [-0.1, -0.05) is 19.9 Å². The Labute approximate surface area is 110 Å². The summed E-state index contributed by atoms with van der Waals surface area (Å²) in [6.45, 7) is 12.2. The number of aromatic nitrogens is 1. The van der Waals surface area contributed by atoms with Gasteiger partial charge in [0.1, 0.15) is 0 Å². The van der Waals surface area contributed by atoms with E-state index in [1.165, 1.54) is 0 Å². The van der Waals surface area contributed by atoms with Crippen LogP contribution in [0.2, 0.25) is 0 Å². The maximum absolute atomic E-state index is 4.38. The largest absolute Gasteiger partial charge is 0.311 e. The second-order valence-corrected chi connectivity index (χ2v) is 6.96. The summed E-state index contributed by atoms with van der Waals surface area (Å²) in [6.07, 6.45) is 1.86.